The van der Waals surface area contributed by atoms with Crippen LogP contribution in [0.1, 0.15) is 36.0 Å². The lowest BCUT2D eigenvalue weighted by atomic mass is 10.1. The molecule has 1 aliphatic carbocycles. The summed E-state index contributed by atoms with van der Waals surface area (Å²) in [6.45, 7) is 4.34. The van der Waals surface area contributed by atoms with Crippen molar-refractivity contribution >= 4 is 17.7 Å². The highest BCUT2D eigenvalue weighted by Crippen LogP contribution is 2.51. The highest BCUT2D eigenvalue weighted by atomic mass is 32.2. The van der Waals surface area contributed by atoms with Gasteiger partial charge in [0.2, 0.25) is 0 Å². The van der Waals surface area contributed by atoms with Gasteiger partial charge in [0.05, 0.1) is 13.5 Å². The molecule has 1 aromatic rings. The van der Waals surface area contributed by atoms with E-state index in [0.29, 0.717) is 6.42 Å². The summed E-state index contributed by atoms with van der Waals surface area (Å²) < 4.78 is 4.78. The third kappa shape index (κ3) is 3.75. The molecule has 1 aliphatic rings. The maximum Gasteiger partial charge on any atom is 0.306 e. The zero-order chi connectivity index (χ0) is 13.9. The van der Waals surface area contributed by atoms with Crippen LogP contribution in [0.3, 0.4) is 0 Å². The molecular weight excluding hydrogens is 256 g/mol. The monoisotopic (exact) mass is 278 g/mol. The van der Waals surface area contributed by atoms with Gasteiger partial charge in [-0.1, -0.05) is 18.2 Å². The molecular formula is C16H22O2S. The molecule has 0 aromatic heterocycles. The first-order valence-corrected chi connectivity index (χ1v) is 7.91. The van der Waals surface area contributed by atoms with Crippen LogP contribution in [0, 0.1) is 19.3 Å². The normalized spacial score (nSPS) is 16.2. The smallest absolute Gasteiger partial charge is 0.306 e. The Balaban J connectivity index is 1.85. The second-order valence-electron chi connectivity index (χ2n) is 5.62. The van der Waals surface area contributed by atoms with E-state index in [1.807, 2.05) is 11.8 Å². The summed E-state index contributed by atoms with van der Waals surface area (Å²) in [6, 6.07) is 6.45. The summed E-state index contributed by atoms with van der Waals surface area (Å²) in [5.41, 5.74) is 4.41. The molecule has 0 N–H and O–H groups in total. The minimum atomic E-state index is -0.0647. The largest absolute Gasteiger partial charge is 0.469 e. The van der Waals surface area contributed by atoms with E-state index in [9.17, 15) is 4.79 Å². The van der Waals surface area contributed by atoms with Gasteiger partial charge in [-0.15, -0.1) is 0 Å². The summed E-state index contributed by atoms with van der Waals surface area (Å²) in [4.78, 5) is 11.4. The topological polar surface area (TPSA) is 26.3 Å². The van der Waals surface area contributed by atoms with E-state index in [2.05, 4.69) is 32.0 Å². The molecule has 1 fully saturated rings. The number of carbonyl (C=O) groups excluding carboxylic acids is 1. The molecule has 0 aliphatic heterocycles. The molecule has 1 aromatic carbocycles. The van der Waals surface area contributed by atoms with Crippen LogP contribution in [0.2, 0.25) is 0 Å². The summed E-state index contributed by atoms with van der Waals surface area (Å²) >= 11 is 1.95. The number of benzene rings is 1. The van der Waals surface area contributed by atoms with Crippen molar-refractivity contribution < 1.29 is 9.53 Å². The van der Waals surface area contributed by atoms with Crippen LogP contribution < -0.4 is 0 Å². The number of carbonyl (C=O) groups is 1. The molecule has 0 radical (unpaired) electrons. The van der Waals surface area contributed by atoms with E-state index in [1.54, 1.807) is 0 Å². The van der Waals surface area contributed by atoms with Crippen molar-refractivity contribution in [1.82, 2.24) is 0 Å². The first kappa shape index (κ1) is 14.4. The Morgan fingerprint density at radius 1 is 1.32 bits per heavy atom. The third-order valence-electron chi connectivity index (χ3n) is 4.00. The second kappa shape index (κ2) is 6.00. The van der Waals surface area contributed by atoms with Gasteiger partial charge in [-0.2, -0.15) is 11.8 Å². The minimum Gasteiger partial charge on any atom is -0.469 e. The third-order valence-corrected chi connectivity index (χ3v) is 5.31. The van der Waals surface area contributed by atoms with Crippen LogP contribution in [-0.2, 0) is 15.3 Å². The average molecular weight is 278 g/mol. The maximum absolute atomic E-state index is 11.4. The second-order valence-corrected chi connectivity index (χ2v) is 6.60. The number of esters is 1. The molecule has 0 heterocycles. The van der Waals surface area contributed by atoms with Crippen molar-refractivity contribution in [3.05, 3.63) is 34.9 Å². The molecule has 1 saturated carbocycles. The number of hydrogen-bond donors (Lipinski definition) is 0. The van der Waals surface area contributed by atoms with Gasteiger partial charge in [-0.05, 0) is 54.5 Å². The Morgan fingerprint density at radius 2 is 1.95 bits per heavy atom. The fourth-order valence-corrected chi connectivity index (χ4v) is 3.96. The number of thioether (sulfide) groups is 1. The molecule has 19 heavy (non-hydrogen) atoms. The summed E-state index contributed by atoms with van der Waals surface area (Å²) in [7, 11) is 1.47. The lowest BCUT2D eigenvalue weighted by molar-refractivity contribution is -0.141. The van der Waals surface area contributed by atoms with Crippen LogP contribution in [0.5, 0.6) is 0 Å². The zero-order valence-electron chi connectivity index (χ0n) is 12.0. The predicted molar refractivity (Wildman–Crippen MR) is 80.4 cm³/mol. The Labute approximate surface area is 119 Å². The van der Waals surface area contributed by atoms with Crippen LogP contribution in [0.15, 0.2) is 18.2 Å². The quantitative estimate of drug-likeness (QED) is 0.739. The standard InChI is InChI=1S/C16H22O2S/c1-12-5-4-6-13(2)14(12)10-19-11-16(7-8-16)9-15(17)18-3/h4-6H,7-11H2,1-3H3. The van der Waals surface area contributed by atoms with E-state index in [1.165, 1.54) is 36.6 Å². The summed E-state index contributed by atoms with van der Waals surface area (Å²) in [6.07, 6.45) is 2.92. The molecule has 0 unspecified atom stereocenters. The van der Waals surface area contributed by atoms with Gasteiger partial charge >= 0.3 is 5.97 Å². The summed E-state index contributed by atoms with van der Waals surface area (Å²) in [5.74, 6) is 2.04. The lowest BCUT2D eigenvalue weighted by Gasteiger charge is -2.14. The van der Waals surface area contributed by atoms with E-state index in [4.69, 9.17) is 4.74 Å². The van der Waals surface area contributed by atoms with Crippen molar-refractivity contribution in [3.8, 4) is 0 Å². The minimum absolute atomic E-state index is 0.0647. The van der Waals surface area contributed by atoms with Crippen molar-refractivity contribution in [2.24, 2.45) is 5.41 Å². The number of methoxy groups -OCH3 is 1. The molecule has 0 spiro atoms. The van der Waals surface area contributed by atoms with Gasteiger partial charge in [0.25, 0.3) is 0 Å². The lowest BCUT2D eigenvalue weighted by Crippen LogP contribution is -2.13. The van der Waals surface area contributed by atoms with Gasteiger partial charge in [-0.25, -0.2) is 0 Å². The molecule has 0 atom stereocenters. The molecule has 0 amide bonds. The van der Waals surface area contributed by atoms with Crippen molar-refractivity contribution in [2.45, 2.75) is 38.9 Å². The SMILES string of the molecule is COC(=O)CC1(CSCc2c(C)cccc2C)CC1. The first-order valence-electron chi connectivity index (χ1n) is 6.76. The Kier molecular flexibility index (Phi) is 4.56. The van der Waals surface area contributed by atoms with Gasteiger partial charge in [-0.3, -0.25) is 4.79 Å². The number of rotatable bonds is 6. The highest BCUT2D eigenvalue weighted by Gasteiger charge is 2.44. The van der Waals surface area contributed by atoms with E-state index >= 15 is 0 Å². The predicted octanol–water partition coefficient (Wildman–Crippen LogP) is 3.88. The van der Waals surface area contributed by atoms with Gasteiger partial charge < -0.3 is 4.74 Å². The fourth-order valence-electron chi connectivity index (χ4n) is 2.37. The van der Waals surface area contributed by atoms with Gasteiger partial charge in [0.1, 0.15) is 0 Å². The van der Waals surface area contributed by atoms with Crippen LogP contribution in [0.25, 0.3) is 0 Å². The van der Waals surface area contributed by atoms with E-state index < -0.39 is 0 Å². The van der Waals surface area contributed by atoms with Gasteiger partial charge in [0, 0.05) is 5.75 Å². The van der Waals surface area contributed by atoms with Gasteiger partial charge in [0.15, 0.2) is 0 Å². The van der Waals surface area contributed by atoms with Crippen molar-refractivity contribution in [3.63, 3.8) is 0 Å². The van der Waals surface area contributed by atoms with Crippen LogP contribution in [0.4, 0.5) is 0 Å². The molecule has 2 nitrogen and oxygen atoms in total. The Morgan fingerprint density at radius 3 is 2.47 bits per heavy atom. The number of hydrogen-bond acceptors (Lipinski definition) is 3. The van der Waals surface area contributed by atoms with E-state index in [0.717, 1.165) is 11.5 Å². The van der Waals surface area contributed by atoms with Crippen molar-refractivity contribution in [2.75, 3.05) is 12.9 Å². The number of aryl methyl sites for hydroxylation is 2. The molecule has 104 valence electrons. The molecule has 2 rings (SSSR count). The molecule has 0 bridgehead atoms. The maximum atomic E-state index is 11.4. The average Bonchev–Trinajstić information content (AvgIpc) is 3.13. The van der Waals surface area contributed by atoms with Crippen LogP contribution >= 0.6 is 11.8 Å². The fraction of sp³-hybridized carbons (Fsp3) is 0.562. The number of ether oxygens (including phenoxy) is 1. The molecule has 3 heteroatoms. The Bertz CT molecular complexity index is 444. The highest BCUT2D eigenvalue weighted by molar-refractivity contribution is 7.98. The molecule has 0 saturated heterocycles. The van der Waals surface area contributed by atoms with Crippen molar-refractivity contribution in [1.29, 1.82) is 0 Å². The summed E-state index contributed by atoms with van der Waals surface area (Å²) in [5, 5.41) is 0. The van der Waals surface area contributed by atoms with Crippen LogP contribution in [-0.4, -0.2) is 18.8 Å². The van der Waals surface area contributed by atoms with E-state index in [-0.39, 0.29) is 11.4 Å². The zero-order valence-corrected chi connectivity index (χ0v) is 12.8. The Hall–Kier alpha value is -0.960. The first-order chi connectivity index (χ1) is 9.06.